The average Bonchev–Trinajstić information content (AvgIpc) is 2.54. The zero-order chi connectivity index (χ0) is 9.68. The number of carboxylic acid groups (broad SMARTS) is 1. The molecule has 0 aromatic heterocycles. The van der Waals surface area contributed by atoms with Crippen molar-refractivity contribution >= 4 is 5.97 Å². The van der Waals surface area contributed by atoms with Crippen molar-refractivity contribution in [3.05, 3.63) is 11.6 Å². The quantitative estimate of drug-likeness (QED) is 0.664. The molecule has 0 aromatic carbocycles. The second-order valence-electron chi connectivity index (χ2n) is 3.21. The average molecular weight is 184 g/mol. The van der Waals surface area contributed by atoms with E-state index in [4.69, 9.17) is 9.84 Å². The smallest absolute Gasteiger partial charge is 0.306 e. The van der Waals surface area contributed by atoms with Crippen LogP contribution in [0.3, 0.4) is 0 Å². The molecule has 0 spiro atoms. The molecule has 1 rings (SSSR count). The first-order valence-corrected chi connectivity index (χ1v) is 4.76. The zero-order valence-electron chi connectivity index (χ0n) is 7.95. The van der Waals surface area contributed by atoms with Crippen molar-refractivity contribution in [2.45, 2.75) is 38.7 Å². The highest BCUT2D eigenvalue weighted by molar-refractivity contribution is 5.68. The highest BCUT2D eigenvalue weighted by atomic mass is 16.5. The minimum absolute atomic E-state index is 0.0969. The van der Waals surface area contributed by atoms with Crippen molar-refractivity contribution in [1.82, 2.24) is 0 Å². The van der Waals surface area contributed by atoms with Crippen LogP contribution in [0, 0.1) is 0 Å². The van der Waals surface area contributed by atoms with E-state index in [1.165, 1.54) is 5.57 Å². The molecule has 1 atom stereocenters. The molecule has 1 aliphatic carbocycles. The van der Waals surface area contributed by atoms with Gasteiger partial charge in [-0.3, -0.25) is 4.79 Å². The largest absolute Gasteiger partial charge is 0.481 e. The number of ether oxygens (including phenoxy) is 1. The van der Waals surface area contributed by atoms with Crippen LogP contribution in [0.4, 0.5) is 0 Å². The molecule has 0 radical (unpaired) electrons. The van der Waals surface area contributed by atoms with Gasteiger partial charge < -0.3 is 9.84 Å². The van der Waals surface area contributed by atoms with E-state index < -0.39 is 5.97 Å². The minimum Gasteiger partial charge on any atom is -0.481 e. The van der Waals surface area contributed by atoms with Gasteiger partial charge >= 0.3 is 5.97 Å². The summed E-state index contributed by atoms with van der Waals surface area (Å²) in [5.41, 5.74) is 1.17. The van der Waals surface area contributed by atoms with E-state index in [0.29, 0.717) is 6.61 Å². The zero-order valence-corrected chi connectivity index (χ0v) is 7.95. The molecule has 1 aliphatic rings. The predicted molar refractivity (Wildman–Crippen MR) is 49.6 cm³/mol. The van der Waals surface area contributed by atoms with Crippen molar-refractivity contribution in [3.8, 4) is 0 Å². The Hall–Kier alpha value is -0.830. The van der Waals surface area contributed by atoms with Crippen LogP contribution in [0.2, 0.25) is 0 Å². The Morgan fingerprint density at radius 3 is 3.00 bits per heavy atom. The van der Waals surface area contributed by atoms with Crippen LogP contribution in [-0.2, 0) is 9.53 Å². The molecule has 0 saturated carbocycles. The fourth-order valence-electron chi connectivity index (χ4n) is 1.64. The molecule has 0 fully saturated rings. The Kier molecular flexibility index (Phi) is 3.96. The third-order valence-electron chi connectivity index (χ3n) is 2.22. The van der Waals surface area contributed by atoms with Gasteiger partial charge in [0.15, 0.2) is 0 Å². The van der Waals surface area contributed by atoms with Crippen LogP contribution in [0.1, 0.15) is 32.6 Å². The number of allylic oxidation sites excluding steroid dienone is 1. The monoisotopic (exact) mass is 184 g/mol. The lowest BCUT2D eigenvalue weighted by Gasteiger charge is -2.15. The van der Waals surface area contributed by atoms with Crippen molar-refractivity contribution < 1.29 is 14.6 Å². The molecule has 3 heteroatoms. The van der Waals surface area contributed by atoms with Gasteiger partial charge in [-0.25, -0.2) is 0 Å². The number of carboxylic acids is 1. The number of hydrogen-bond donors (Lipinski definition) is 1. The fraction of sp³-hybridized carbons (Fsp3) is 0.700. The third-order valence-corrected chi connectivity index (χ3v) is 2.22. The molecule has 1 N–H and O–H groups in total. The Morgan fingerprint density at radius 2 is 2.54 bits per heavy atom. The van der Waals surface area contributed by atoms with Gasteiger partial charge in [0, 0.05) is 6.61 Å². The normalized spacial score (nSPS) is 18.4. The first kappa shape index (κ1) is 10.3. The topological polar surface area (TPSA) is 46.5 Å². The Morgan fingerprint density at radius 1 is 1.77 bits per heavy atom. The van der Waals surface area contributed by atoms with Gasteiger partial charge in [-0.15, -0.1) is 0 Å². The second-order valence-corrected chi connectivity index (χ2v) is 3.21. The maximum absolute atomic E-state index is 10.5. The summed E-state index contributed by atoms with van der Waals surface area (Å²) in [7, 11) is 0. The van der Waals surface area contributed by atoms with Crippen LogP contribution in [0.5, 0.6) is 0 Å². The van der Waals surface area contributed by atoms with Gasteiger partial charge in [0.25, 0.3) is 0 Å². The minimum atomic E-state index is -0.786. The van der Waals surface area contributed by atoms with Crippen molar-refractivity contribution in [3.63, 3.8) is 0 Å². The van der Waals surface area contributed by atoms with E-state index in [0.717, 1.165) is 19.3 Å². The maximum Gasteiger partial charge on any atom is 0.306 e. The number of hydrogen-bond acceptors (Lipinski definition) is 2. The first-order valence-electron chi connectivity index (χ1n) is 4.76. The lowest BCUT2D eigenvalue weighted by molar-refractivity contribution is -0.139. The van der Waals surface area contributed by atoms with Crippen LogP contribution in [0.15, 0.2) is 11.6 Å². The first-order chi connectivity index (χ1) is 6.24. The molecule has 0 saturated heterocycles. The summed E-state index contributed by atoms with van der Waals surface area (Å²) in [5.74, 6) is -0.786. The molecule has 0 aromatic rings. The highest BCUT2D eigenvalue weighted by Crippen LogP contribution is 2.24. The summed E-state index contributed by atoms with van der Waals surface area (Å²) < 4.78 is 5.39. The third kappa shape index (κ3) is 3.19. The Labute approximate surface area is 78.4 Å². The van der Waals surface area contributed by atoms with Crippen LogP contribution < -0.4 is 0 Å². The summed E-state index contributed by atoms with van der Waals surface area (Å²) in [6, 6.07) is 0. The van der Waals surface area contributed by atoms with E-state index in [2.05, 4.69) is 6.08 Å². The van der Waals surface area contributed by atoms with Gasteiger partial charge in [-0.05, 0) is 31.8 Å². The van der Waals surface area contributed by atoms with Gasteiger partial charge in [-0.1, -0.05) is 6.08 Å². The van der Waals surface area contributed by atoms with Crippen molar-refractivity contribution in [1.29, 1.82) is 0 Å². The summed E-state index contributed by atoms with van der Waals surface area (Å²) in [6.07, 6.45) is 5.22. The summed E-state index contributed by atoms with van der Waals surface area (Å²) in [4.78, 5) is 10.5. The fourth-order valence-corrected chi connectivity index (χ4v) is 1.64. The maximum atomic E-state index is 10.5. The lowest BCUT2D eigenvalue weighted by Crippen LogP contribution is -2.19. The van der Waals surface area contributed by atoms with E-state index in [-0.39, 0.29) is 12.5 Å². The van der Waals surface area contributed by atoms with Crippen LogP contribution >= 0.6 is 0 Å². The number of carbonyl (C=O) groups is 1. The predicted octanol–water partition coefficient (Wildman–Crippen LogP) is 1.98. The van der Waals surface area contributed by atoms with Crippen molar-refractivity contribution in [2.24, 2.45) is 0 Å². The molecular formula is C10H16O3. The molecule has 0 aliphatic heterocycles. The highest BCUT2D eigenvalue weighted by Gasteiger charge is 2.19. The SMILES string of the molecule is CCOC(CC(=O)O)C1=CCCC1. The lowest BCUT2D eigenvalue weighted by atomic mass is 10.1. The molecule has 0 heterocycles. The molecule has 74 valence electrons. The summed E-state index contributed by atoms with van der Waals surface area (Å²) in [6.45, 7) is 2.47. The van der Waals surface area contributed by atoms with Gasteiger partial charge in [-0.2, -0.15) is 0 Å². The molecule has 1 unspecified atom stereocenters. The second kappa shape index (κ2) is 5.02. The molecule has 0 amide bonds. The molecule has 0 bridgehead atoms. The van der Waals surface area contributed by atoms with Crippen molar-refractivity contribution in [2.75, 3.05) is 6.61 Å². The van der Waals surface area contributed by atoms with Gasteiger partial charge in [0.1, 0.15) is 0 Å². The van der Waals surface area contributed by atoms with E-state index >= 15 is 0 Å². The summed E-state index contributed by atoms with van der Waals surface area (Å²) in [5, 5.41) is 8.66. The van der Waals surface area contributed by atoms with Gasteiger partial charge in [0.05, 0.1) is 12.5 Å². The molecule has 3 nitrogen and oxygen atoms in total. The van der Waals surface area contributed by atoms with Crippen LogP contribution in [-0.4, -0.2) is 23.8 Å². The van der Waals surface area contributed by atoms with Gasteiger partial charge in [0.2, 0.25) is 0 Å². The Balaban J connectivity index is 2.50. The van der Waals surface area contributed by atoms with Crippen LogP contribution in [0.25, 0.3) is 0 Å². The standard InChI is InChI=1S/C10H16O3/c1-2-13-9(7-10(11)12)8-5-3-4-6-8/h5,9H,2-4,6-7H2,1H3,(H,11,12). The Bertz CT molecular complexity index is 208. The number of aliphatic carboxylic acids is 1. The van der Waals surface area contributed by atoms with E-state index in [1.54, 1.807) is 0 Å². The number of rotatable bonds is 5. The van der Waals surface area contributed by atoms with E-state index in [9.17, 15) is 4.79 Å². The molecular weight excluding hydrogens is 168 g/mol. The molecule has 13 heavy (non-hydrogen) atoms. The van der Waals surface area contributed by atoms with E-state index in [1.807, 2.05) is 6.92 Å². The summed E-state index contributed by atoms with van der Waals surface area (Å²) >= 11 is 0.